The lowest BCUT2D eigenvalue weighted by Crippen LogP contribution is -2.56. The number of hydrogen-bond donors (Lipinski definition) is 1. The van der Waals surface area contributed by atoms with Crippen LogP contribution in [0.5, 0.6) is 0 Å². The van der Waals surface area contributed by atoms with Crippen molar-refractivity contribution in [3.63, 3.8) is 0 Å². The van der Waals surface area contributed by atoms with Gasteiger partial charge in [-0.2, -0.15) is 0 Å². The Labute approximate surface area is 99.6 Å². The van der Waals surface area contributed by atoms with Crippen LogP contribution < -0.4 is 0 Å². The smallest absolute Gasteiger partial charge is 0.329 e. The fraction of sp³-hybridized carbons (Fsp3) is 0.818. The van der Waals surface area contributed by atoms with E-state index in [-0.39, 0.29) is 17.7 Å². The van der Waals surface area contributed by atoms with Gasteiger partial charge >= 0.3 is 5.97 Å². The zero-order chi connectivity index (χ0) is 11.8. The van der Waals surface area contributed by atoms with Gasteiger partial charge < -0.3 is 10.0 Å². The van der Waals surface area contributed by atoms with E-state index in [1.165, 1.54) is 4.90 Å². The van der Waals surface area contributed by atoms with Crippen molar-refractivity contribution in [2.75, 3.05) is 6.54 Å². The first-order valence-corrected chi connectivity index (χ1v) is 6.18. The maximum atomic E-state index is 11.8. The van der Waals surface area contributed by atoms with Crippen molar-refractivity contribution in [3.8, 4) is 0 Å². The first-order valence-electron chi connectivity index (χ1n) is 5.74. The van der Waals surface area contributed by atoms with E-state index in [9.17, 15) is 14.7 Å². The second-order valence-corrected chi connectivity index (χ2v) is 5.32. The first-order chi connectivity index (χ1) is 7.56. The van der Waals surface area contributed by atoms with Gasteiger partial charge in [-0.15, -0.1) is 11.6 Å². The Morgan fingerprint density at radius 2 is 2.00 bits per heavy atom. The highest BCUT2D eigenvalue weighted by atomic mass is 35.5. The number of hydrogen-bond acceptors (Lipinski definition) is 2. The molecule has 16 heavy (non-hydrogen) atoms. The van der Waals surface area contributed by atoms with E-state index in [0.29, 0.717) is 19.4 Å². The van der Waals surface area contributed by atoms with Crippen molar-refractivity contribution in [3.05, 3.63) is 0 Å². The molecule has 1 N–H and O–H groups in total. The van der Waals surface area contributed by atoms with Gasteiger partial charge in [0.1, 0.15) is 5.54 Å². The predicted molar refractivity (Wildman–Crippen MR) is 59.4 cm³/mol. The third-order valence-corrected chi connectivity index (χ3v) is 3.97. The minimum Gasteiger partial charge on any atom is -0.479 e. The minimum absolute atomic E-state index is 0.107. The quantitative estimate of drug-likeness (QED) is 0.752. The number of carbonyl (C=O) groups excluding carboxylic acids is 1. The molecule has 1 atom stereocenters. The lowest BCUT2D eigenvalue weighted by atomic mass is 9.80. The average molecular weight is 246 g/mol. The summed E-state index contributed by atoms with van der Waals surface area (Å²) in [5.41, 5.74) is -0.973. The molecule has 0 radical (unpaired) electrons. The van der Waals surface area contributed by atoms with E-state index in [1.807, 2.05) is 0 Å². The first kappa shape index (κ1) is 11.7. The van der Waals surface area contributed by atoms with Gasteiger partial charge in [-0.3, -0.25) is 4.79 Å². The molecule has 1 aliphatic heterocycles. The Hall–Kier alpha value is -0.770. The lowest BCUT2D eigenvalue weighted by Gasteiger charge is -2.41. The highest BCUT2D eigenvalue weighted by molar-refractivity contribution is 6.22. The van der Waals surface area contributed by atoms with Gasteiger partial charge in [0, 0.05) is 13.0 Å². The van der Waals surface area contributed by atoms with Crippen LogP contribution in [0, 0.1) is 0 Å². The highest BCUT2D eigenvalue weighted by Crippen LogP contribution is 2.37. The third-order valence-electron chi connectivity index (χ3n) is 3.67. The van der Waals surface area contributed by atoms with Crippen molar-refractivity contribution in [1.29, 1.82) is 0 Å². The number of rotatable bonds is 2. The number of carboxylic acids is 1. The Kier molecular flexibility index (Phi) is 3.10. The van der Waals surface area contributed by atoms with Gasteiger partial charge in [-0.1, -0.05) is 19.3 Å². The average Bonchev–Trinajstić information content (AvgIpc) is 2.59. The molecule has 1 saturated carbocycles. The molecular weight excluding hydrogens is 230 g/mol. The summed E-state index contributed by atoms with van der Waals surface area (Å²) in [6.07, 6.45) is 4.22. The van der Waals surface area contributed by atoms with Gasteiger partial charge in [0.2, 0.25) is 5.91 Å². The van der Waals surface area contributed by atoms with Gasteiger partial charge in [0.15, 0.2) is 0 Å². The predicted octanol–water partition coefficient (Wildman–Crippen LogP) is 1.61. The topological polar surface area (TPSA) is 57.6 Å². The van der Waals surface area contributed by atoms with Crippen molar-refractivity contribution in [1.82, 2.24) is 4.90 Å². The Balaban J connectivity index is 2.25. The summed E-state index contributed by atoms with van der Waals surface area (Å²) in [6.45, 7) is 0.382. The van der Waals surface area contributed by atoms with Crippen molar-refractivity contribution in [2.24, 2.45) is 0 Å². The highest BCUT2D eigenvalue weighted by Gasteiger charge is 2.50. The molecule has 0 spiro atoms. The molecule has 1 saturated heterocycles. The van der Waals surface area contributed by atoms with Crippen LogP contribution in [0.15, 0.2) is 0 Å². The summed E-state index contributed by atoms with van der Waals surface area (Å²) >= 11 is 5.93. The molecule has 4 nitrogen and oxygen atoms in total. The summed E-state index contributed by atoms with van der Waals surface area (Å²) in [5, 5.41) is 9.19. The molecular formula is C11H16ClNO3. The second kappa shape index (κ2) is 4.24. The van der Waals surface area contributed by atoms with Crippen LogP contribution in [0.2, 0.25) is 0 Å². The molecule has 1 aliphatic carbocycles. The molecule has 2 fully saturated rings. The standard InChI is InChI=1S/C11H16ClNO3/c12-8-6-9(14)13(7-8)11(10(15)16)4-2-1-3-5-11/h8H,1-7H2,(H,15,16). The van der Waals surface area contributed by atoms with Crippen molar-refractivity contribution < 1.29 is 14.7 Å². The fourth-order valence-corrected chi connectivity index (χ4v) is 3.08. The van der Waals surface area contributed by atoms with Crippen LogP contribution in [-0.4, -0.2) is 39.3 Å². The third kappa shape index (κ3) is 1.79. The van der Waals surface area contributed by atoms with E-state index in [1.54, 1.807) is 0 Å². The van der Waals surface area contributed by atoms with Gasteiger partial charge in [-0.25, -0.2) is 4.79 Å². The lowest BCUT2D eigenvalue weighted by molar-refractivity contribution is -0.159. The maximum Gasteiger partial charge on any atom is 0.329 e. The fourth-order valence-electron chi connectivity index (χ4n) is 2.81. The van der Waals surface area contributed by atoms with Crippen molar-refractivity contribution in [2.45, 2.75) is 49.4 Å². The number of likely N-dealkylation sites (tertiary alicyclic amines) is 1. The summed E-state index contributed by atoms with van der Waals surface area (Å²) in [4.78, 5) is 24.8. The van der Waals surface area contributed by atoms with Gasteiger partial charge in [0.05, 0.1) is 5.38 Å². The molecule has 1 unspecified atom stereocenters. The molecule has 1 heterocycles. The van der Waals surface area contributed by atoms with Crippen LogP contribution in [0.3, 0.4) is 0 Å². The zero-order valence-corrected chi connectivity index (χ0v) is 9.87. The SMILES string of the molecule is O=C1CC(Cl)CN1C1(C(=O)O)CCCCC1. The van der Waals surface area contributed by atoms with E-state index in [4.69, 9.17) is 11.6 Å². The van der Waals surface area contributed by atoms with Gasteiger partial charge in [-0.05, 0) is 12.8 Å². The molecule has 0 bridgehead atoms. The number of alkyl halides is 1. The van der Waals surface area contributed by atoms with Crippen LogP contribution in [-0.2, 0) is 9.59 Å². The summed E-state index contributed by atoms with van der Waals surface area (Å²) in [7, 11) is 0. The van der Waals surface area contributed by atoms with E-state index < -0.39 is 11.5 Å². The Morgan fingerprint density at radius 1 is 1.38 bits per heavy atom. The molecule has 1 amide bonds. The van der Waals surface area contributed by atoms with E-state index >= 15 is 0 Å². The number of aliphatic carboxylic acids is 1. The van der Waals surface area contributed by atoms with Crippen LogP contribution in [0.1, 0.15) is 38.5 Å². The number of carboxylic acid groups (broad SMARTS) is 1. The number of halogens is 1. The molecule has 0 aromatic heterocycles. The van der Waals surface area contributed by atoms with E-state index in [2.05, 4.69) is 0 Å². The molecule has 0 aromatic rings. The normalized spacial score (nSPS) is 29.4. The van der Waals surface area contributed by atoms with Crippen LogP contribution >= 0.6 is 11.6 Å². The van der Waals surface area contributed by atoms with Gasteiger partial charge in [0.25, 0.3) is 0 Å². The molecule has 2 aliphatic rings. The molecule has 2 rings (SSSR count). The summed E-state index contributed by atoms with van der Waals surface area (Å²) < 4.78 is 0. The maximum absolute atomic E-state index is 11.8. The molecule has 5 heteroatoms. The van der Waals surface area contributed by atoms with Crippen LogP contribution in [0.4, 0.5) is 0 Å². The Morgan fingerprint density at radius 3 is 2.44 bits per heavy atom. The molecule has 0 aromatic carbocycles. The number of carbonyl (C=O) groups is 2. The van der Waals surface area contributed by atoms with Crippen LogP contribution in [0.25, 0.3) is 0 Å². The number of amides is 1. The second-order valence-electron chi connectivity index (χ2n) is 4.70. The summed E-state index contributed by atoms with van der Waals surface area (Å²) in [6, 6.07) is 0. The monoisotopic (exact) mass is 245 g/mol. The minimum atomic E-state index is -0.973. The molecule has 90 valence electrons. The number of nitrogens with zero attached hydrogens (tertiary/aromatic N) is 1. The van der Waals surface area contributed by atoms with E-state index in [0.717, 1.165) is 19.3 Å². The summed E-state index contributed by atoms with van der Waals surface area (Å²) in [5.74, 6) is -0.976. The Bertz CT molecular complexity index is 310. The largest absolute Gasteiger partial charge is 0.479 e. The van der Waals surface area contributed by atoms with Crippen molar-refractivity contribution >= 4 is 23.5 Å². The zero-order valence-electron chi connectivity index (χ0n) is 9.12.